The molecule has 0 bridgehead atoms. The second-order valence-electron chi connectivity index (χ2n) is 4.46. The van der Waals surface area contributed by atoms with E-state index in [1.165, 1.54) is 5.69 Å². The summed E-state index contributed by atoms with van der Waals surface area (Å²) in [5, 5.41) is 0. The molecule has 3 rings (SSSR count). The average molecular weight is 310 g/mol. The Morgan fingerprint density at radius 3 is 2.83 bits per heavy atom. The molecule has 0 atom stereocenters. The number of morpholine rings is 1. The van der Waals surface area contributed by atoms with Crippen LogP contribution in [0.4, 0.5) is 5.69 Å². The van der Waals surface area contributed by atoms with E-state index in [1.807, 2.05) is 0 Å². The van der Waals surface area contributed by atoms with Crippen molar-refractivity contribution in [2.75, 3.05) is 31.2 Å². The van der Waals surface area contributed by atoms with E-state index in [1.54, 1.807) is 0 Å². The minimum atomic E-state index is 0.792. The normalized spacial score (nSPS) is 16.4. The third-order valence-electron chi connectivity index (χ3n) is 3.26. The van der Waals surface area contributed by atoms with Gasteiger partial charge in [-0.25, -0.2) is 4.98 Å². The Kier molecular flexibility index (Phi) is 3.26. The topological polar surface area (TPSA) is 29.8 Å². The van der Waals surface area contributed by atoms with Gasteiger partial charge in [0.2, 0.25) is 0 Å². The lowest BCUT2D eigenvalue weighted by atomic mass is 10.3. The summed E-state index contributed by atoms with van der Waals surface area (Å²) in [4.78, 5) is 7.05. The summed E-state index contributed by atoms with van der Waals surface area (Å²) < 4.78 is 8.59. The molecule has 0 aromatic carbocycles. The van der Waals surface area contributed by atoms with Crippen molar-refractivity contribution in [2.24, 2.45) is 0 Å². The van der Waals surface area contributed by atoms with Crippen LogP contribution in [0.5, 0.6) is 0 Å². The van der Waals surface area contributed by atoms with Gasteiger partial charge in [-0.1, -0.05) is 6.92 Å². The summed E-state index contributed by atoms with van der Waals surface area (Å²) in [7, 11) is 0. The second kappa shape index (κ2) is 4.90. The van der Waals surface area contributed by atoms with Gasteiger partial charge in [-0.3, -0.25) is 0 Å². The van der Waals surface area contributed by atoms with Gasteiger partial charge in [-0.2, -0.15) is 0 Å². The van der Waals surface area contributed by atoms with Crippen molar-refractivity contribution in [2.45, 2.75) is 13.3 Å². The first-order valence-corrected chi connectivity index (χ1v) is 7.07. The second-order valence-corrected chi connectivity index (χ2v) is 5.38. The molecule has 0 N–H and O–H groups in total. The van der Waals surface area contributed by atoms with Gasteiger partial charge in [0.05, 0.1) is 24.6 Å². The average Bonchev–Trinajstić information content (AvgIpc) is 2.81. The molecule has 5 heteroatoms. The van der Waals surface area contributed by atoms with Crippen LogP contribution in [-0.4, -0.2) is 35.7 Å². The molecule has 0 radical (unpaired) electrons. The number of hydrogen-bond acceptors (Lipinski definition) is 3. The van der Waals surface area contributed by atoms with Crippen LogP contribution in [0, 0.1) is 0 Å². The number of aryl methyl sites for hydroxylation is 1. The Balaban J connectivity index is 2.10. The van der Waals surface area contributed by atoms with Crippen molar-refractivity contribution in [1.29, 1.82) is 0 Å². The fourth-order valence-corrected chi connectivity index (χ4v) is 2.74. The van der Waals surface area contributed by atoms with Crippen LogP contribution in [0.1, 0.15) is 12.6 Å². The van der Waals surface area contributed by atoms with Gasteiger partial charge >= 0.3 is 0 Å². The number of nitrogens with zero attached hydrogens (tertiary/aromatic N) is 3. The molecule has 2 aromatic rings. The molecule has 0 spiro atoms. The van der Waals surface area contributed by atoms with Crippen LogP contribution in [0.15, 0.2) is 22.9 Å². The van der Waals surface area contributed by atoms with Crippen molar-refractivity contribution in [3.8, 4) is 0 Å². The van der Waals surface area contributed by atoms with E-state index in [-0.39, 0.29) is 0 Å². The van der Waals surface area contributed by atoms with Gasteiger partial charge in [0, 0.05) is 30.0 Å². The van der Waals surface area contributed by atoms with E-state index in [0.717, 1.165) is 48.5 Å². The third-order valence-corrected chi connectivity index (χ3v) is 3.70. The Hall–Kier alpha value is -1.07. The number of hydrogen-bond donors (Lipinski definition) is 0. The Morgan fingerprint density at radius 2 is 2.11 bits per heavy atom. The quantitative estimate of drug-likeness (QED) is 0.853. The smallest absolute Gasteiger partial charge is 0.160 e. The number of imidazole rings is 1. The number of aromatic nitrogens is 2. The van der Waals surface area contributed by atoms with Crippen LogP contribution in [-0.2, 0) is 11.2 Å². The number of pyridine rings is 1. The molecule has 2 aromatic heterocycles. The maximum atomic E-state index is 5.41. The summed E-state index contributed by atoms with van der Waals surface area (Å²) in [6.07, 6.45) is 5.12. The van der Waals surface area contributed by atoms with Gasteiger partial charge in [-0.15, -0.1) is 0 Å². The molecule has 1 fully saturated rings. The van der Waals surface area contributed by atoms with Gasteiger partial charge in [0.15, 0.2) is 5.65 Å². The number of halogens is 1. The van der Waals surface area contributed by atoms with E-state index >= 15 is 0 Å². The zero-order valence-corrected chi connectivity index (χ0v) is 12.0. The number of anilines is 1. The van der Waals surface area contributed by atoms with Gasteiger partial charge in [-0.05, 0) is 28.4 Å². The van der Waals surface area contributed by atoms with Crippen LogP contribution < -0.4 is 4.90 Å². The minimum Gasteiger partial charge on any atom is -0.378 e. The number of ether oxygens (including phenoxy) is 1. The standard InChI is InChI=1S/C13H16BrN3O/c1-2-11-9-17-8-10(14)7-12(13(17)15-11)16-3-5-18-6-4-16/h7-9H,2-6H2,1H3. The Labute approximate surface area is 115 Å². The summed E-state index contributed by atoms with van der Waals surface area (Å²) in [6.45, 7) is 5.58. The lowest BCUT2D eigenvalue weighted by Gasteiger charge is -2.29. The minimum absolute atomic E-state index is 0.792. The van der Waals surface area contributed by atoms with E-state index in [4.69, 9.17) is 9.72 Å². The summed E-state index contributed by atoms with van der Waals surface area (Å²) >= 11 is 3.57. The molecule has 0 unspecified atom stereocenters. The molecule has 1 saturated heterocycles. The molecule has 18 heavy (non-hydrogen) atoms. The SMILES string of the molecule is CCc1cn2cc(Br)cc(N3CCOCC3)c2n1. The predicted octanol–water partition coefficient (Wildman–Crippen LogP) is 2.50. The highest BCUT2D eigenvalue weighted by molar-refractivity contribution is 9.10. The molecule has 0 amide bonds. The molecule has 3 heterocycles. The zero-order valence-electron chi connectivity index (χ0n) is 10.4. The summed E-state index contributed by atoms with van der Waals surface area (Å²) in [6, 6.07) is 2.15. The Bertz CT molecular complexity index is 561. The third kappa shape index (κ3) is 2.12. The van der Waals surface area contributed by atoms with Gasteiger partial charge in [0.1, 0.15) is 0 Å². The van der Waals surface area contributed by atoms with Crippen molar-refractivity contribution in [3.63, 3.8) is 0 Å². The number of rotatable bonds is 2. The first-order chi connectivity index (χ1) is 8.78. The monoisotopic (exact) mass is 309 g/mol. The molecule has 1 aliphatic heterocycles. The molecular weight excluding hydrogens is 294 g/mol. The van der Waals surface area contributed by atoms with Crippen LogP contribution >= 0.6 is 15.9 Å². The number of fused-ring (bicyclic) bond motifs is 1. The maximum Gasteiger partial charge on any atom is 0.160 e. The maximum absolute atomic E-state index is 5.41. The van der Waals surface area contributed by atoms with Crippen molar-refractivity contribution in [3.05, 3.63) is 28.6 Å². The van der Waals surface area contributed by atoms with E-state index in [2.05, 4.69) is 50.6 Å². The molecule has 1 aliphatic rings. The summed E-state index contributed by atoms with van der Waals surface area (Å²) in [5.74, 6) is 0. The first-order valence-electron chi connectivity index (χ1n) is 6.27. The first kappa shape index (κ1) is 12.0. The van der Waals surface area contributed by atoms with Crippen molar-refractivity contribution in [1.82, 2.24) is 9.38 Å². The fraction of sp³-hybridized carbons (Fsp3) is 0.462. The van der Waals surface area contributed by atoms with E-state index in [0.29, 0.717) is 0 Å². The summed E-state index contributed by atoms with van der Waals surface area (Å²) in [5.41, 5.74) is 3.35. The van der Waals surface area contributed by atoms with Crippen LogP contribution in [0.2, 0.25) is 0 Å². The van der Waals surface area contributed by atoms with Crippen molar-refractivity contribution >= 4 is 27.3 Å². The highest BCUT2D eigenvalue weighted by Gasteiger charge is 2.16. The van der Waals surface area contributed by atoms with E-state index in [9.17, 15) is 0 Å². The van der Waals surface area contributed by atoms with Crippen LogP contribution in [0.3, 0.4) is 0 Å². The Morgan fingerprint density at radius 1 is 1.33 bits per heavy atom. The van der Waals surface area contributed by atoms with Gasteiger partial charge < -0.3 is 14.0 Å². The highest BCUT2D eigenvalue weighted by Crippen LogP contribution is 2.26. The highest BCUT2D eigenvalue weighted by atomic mass is 79.9. The molecular formula is C13H16BrN3O. The van der Waals surface area contributed by atoms with Gasteiger partial charge in [0.25, 0.3) is 0 Å². The molecule has 0 saturated carbocycles. The fourth-order valence-electron chi connectivity index (χ4n) is 2.30. The molecule has 96 valence electrons. The van der Waals surface area contributed by atoms with Crippen molar-refractivity contribution < 1.29 is 4.74 Å². The van der Waals surface area contributed by atoms with E-state index < -0.39 is 0 Å². The predicted molar refractivity (Wildman–Crippen MR) is 75.3 cm³/mol. The molecule has 4 nitrogen and oxygen atoms in total. The zero-order chi connectivity index (χ0) is 12.5. The lowest BCUT2D eigenvalue weighted by Crippen LogP contribution is -2.36. The van der Waals surface area contributed by atoms with Crippen LogP contribution in [0.25, 0.3) is 5.65 Å². The largest absolute Gasteiger partial charge is 0.378 e. The molecule has 0 aliphatic carbocycles. The lowest BCUT2D eigenvalue weighted by molar-refractivity contribution is 0.123.